The smallest absolute Gasteiger partial charge is 0.326 e. The fourth-order valence-electron chi connectivity index (χ4n) is 1.98. The van der Waals surface area contributed by atoms with E-state index >= 15 is 0 Å². The van der Waals surface area contributed by atoms with Gasteiger partial charge in [-0.1, -0.05) is 11.6 Å². The van der Waals surface area contributed by atoms with Crippen LogP contribution in [0.5, 0.6) is 0 Å². The van der Waals surface area contributed by atoms with Crippen LogP contribution in [0, 0.1) is 6.92 Å². The van der Waals surface area contributed by atoms with Crippen LogP contribution in [0.15, 0.2) is 30.3 Å². The number of nitrogens with one attached hydrogen (secondary N) is 1. The number of carbonyl (C=O) groups excluding carboxylic acids is 2. The van der Waals surface area contributed by atoms with Crippen LogP contribution in [0.1, 0.15) is 33.0 Å². The number of rotatable bonds is 5. The molecule has 8 heteroatoms. The Labute approximate surface area is 145 Å². The molecule has 1 heterocycles. The lowest BCUT2D eigenvalue weighted by atomic mass is 10.1. The van der Waals surface area contributed by atoms with E-state index in [2.05, 4.69) is 5.32 Å². The Hall–Kier alpha value is -1.86. The third-order valence-electron chi connectivity index (χ3n) is 3.15. The summed E-state index contributed by atoms with van der Waals surface area (Å²) in [6.07, 6.45) is -4.73. The largest absolute Gasteiger partial charge is 0.417 e. The summed E-state index contributed by atoms with van der Waals surface area (Å²) in [6.45, 7) is 1.87. The van der Waals surface area contributed by atoms with Crippen molar-refractivity contribution in [3.63, 3.8) is 0 Å². The zero-order valence-electron chi connectivity index (χ0n) is 12.5. The molecular formula is C16H13ClF3NO2S. The van der Waals surface area contributed by atoms with Gasteiger partial charge < -0.3 is 5.32 Å². The highest BCUT2D eigenvalue weighted by Gasteiger charge is 2.33. The van der Waals surface area contributed by atoms with Crippen molar-refractivity contribution in [2.45, 2.75) is 25.9 Å². The van der Waals surface area contributed by atoms with Gasteiger partial charge in [-0.3, -0.25) is 9.59 Å². The van der Waals surface area contributed by atoms with Crippen LogP contribution in [0.25, 0.3) is 0 Å². The van der Waals surface area contributed by atoms with Crippen LogP contribution in [-0.2, 0) is 11.0 Å². The second-order valence-corrected chi connectivity index (χ2v) is 6.77. The Morgan fingerprint density at radius 2 is 1.88 bits per heavy atom. The molecule has 0 aliphatic heterocycles. The molecule has 1 amide bonds. The summed E-state index contributed by atoms with van der Waals surface area (Å²) >= 11 is 6.85. The molecule has 0 saturated carbocycles. The number of halogens is 4. The van der Waals surface area contributed by atoms with Gasteiger partial charge in [-0.2, -0.15) is 13.2 Å². The Kier molecular flexibility index (Phi) is 5.66. The van der Waals surface area contributed by atoms with Gasteiger partial charge in [0.2, 0.25) is 5.91 Å². The molecule has 0 saturated heterocycles. The van der Waals surface area contributed by atoms with Crippen molar-refractivity contribution >= 4 is 40.3 Å². The predicted molar refractivity (Wildman–Crippen MR) is 87.7 cm³/mol. The van der Waals surface area contributed by atoms with E-state index in [0.29, 0.717) is 4.88 Å². The first-order chi connectivity index (χ1) is 11.2. The predicted octanol–water partition coefficient (Wildman–Crippen LogP) is 5.33. The van der Waals surface area contributed by atoms with Crippen LogP contribution in [0.3, 0.4) is 0 Å². The van der Waals surface area contributed by atoms with Crippen LogP contribution in [0.2, 0.25) is 5.02 Å². The van der Waals surface area contributed by atoms with Crippen molar-refractivity contribution in [1.29, 1.82) is 0 Å². The van der Waals surface area contributed by atoms with Crippen LogP contribution in [-0.4, -0.2) is 11.7 Å². The molecule has 0 fully saturated rings. The Balaban J connectivity index is 1.96. The number of benzene rings is 1. The molecule has 0 unspecified atom stereocenters. The van der Waals surface area contributed by atoms with E-state index in [1.165, 1.54) is 17.4 Å². The average Bonchev–Trinajstić information content (AvgIpc) is 2.92. The monoisotopic (exact) mass is 375 g/mol. The minimum Gasteiger partial charge on any atom is -0.326 e. The molecule has 1 N–H and O–H groups in total. The standard InChI is InChI=1S/C16H13ClF3NO2S/c1-9-2-6-14(24-9)13(22)5-7-15(23)21-10-3-4-12(17)11(8-10)16(18,19)20/h2-4,6,8H,5,7H2,1H3,(H,21,23). The van der Waals surface area contributed by atoms with Gasteiger partial charge in [-0.25, -0.2) is 0 Å². The van der Waals surface area contributed by atoms with Crippen LogP contribution < -0.4 is 5.32 Å². The molecule has 2 aromatic rings. The molecule has 0 bridgehead atoms. The van der Waals surface area contributed by atoms with Crippen molar-refractivity contribution in [2.24, 2.45) is 0 Å². The summed E-state index contributed by atoms with van der Waals surface area (Å²) in [5.41, 5.74) is -1.04. The Morgan fingerprint density at radius 3 is 2.46 bits per heavy atom. The molecule has 1 aromatic heterocycles. The highest BCUT2D eigenvalue weighted by molar-refractivity contribution is 7.14. The molecule has 128 valence electrons. The Morgan fingerprint density at radius 1 is 1.17 bits per heavy atom. The van der Waals surface area contributed by atoms with Gasteiger partial charge in [0.25, 0.3) is 0 Å². The zero-order chi connectivity index (χ0) is 17.9. The van der Waals surface area contributed by atoms with Crippen molar-refractivity contribution in [3.8, 4) is 0 Å². The maximum absolute atomic E-state index is 12.8. The van der Waals surface area contributed by atoms with E-state index in [4.69, 9.17) is 11.6 Å². The van der Waals surface area contributed by atoms with Crippen molar-refractivity contribution in [1.82, 2.24) is 0 Å². The van der Waals surface area contributed by atoms with Gasteiger partial charge in [0.15, 0.2) is 5.78 Å². The average molecular weight is 376 g/mol. The summed E-state index contributed by atoms with van der Waals surface area (Å²) in [5, 5.41) is 1.91. The lowest BCUT2D eigenvalue weighted by Crippen LogP contribution is -2.14. The Bertz CT molecular complexity index is 771. The summed E-state index contributed by atoms with van der Waals surface area (Å²) in [5.74, 6) is -0.706. The second-order valence-electron chi connectivity index (χ2n) is 5.07. The van der Waals surface area contributed by atoms with Gasteiger partial charge in [0.05, 0.1) is 15.5 Å². The number of aryl methyl sites for hydroxylation is 1. The molecule has 1 aromatic carbocycles. The quantitative estimate of drug-likeness (QED) is 0.718. The first kappa shape index (κ1) is 18.5. The lowest BCUT2D eigenvalue weighted by molar-refractivity contribution is -0.137. The third-order valence-corrected chi connectivity index (χ3v) is 4.52. The molecule has 24 heavy (non-hydrogen) atoms. The van der Waals surface area contributed by atoms with Crippen molar-refractivity contribution in [3.05, 3.63) is 50.7 Å². The number of hydrogen-bond acceptors (Lipinski definition) is 3. The number of carbonyl (C=O) groups is 2. The second kappa shape index (κ2) is 7.36. The van der Waals surface area contributed by atoms with Crippen molar-refractivity contribution < 1.29 is 22.8 Å². The maximum Gasteiger partial charge on any atom is 0.417 e. The molecule has 0 aliphatic carbocycles. The molecule has 2 rings (SSSR count). The van der Waals surface area contributed by atoms with E-state index in [1.54, 1.807) is 6.07 Å². The van der Waals surface area contributed by atoms with Gasteiger partial charge in [-0.05, 0) is 37.3 Å². The van der Waals surface area contributed by atoms with E-state index in [1.807, 2.05) is 13.0 Å². The first-order valence-corrected chi connectivity index (χ1v) is 8.12. The molecule has 0 aliphatic rings. The number of hydrogen-bond donors (Lipinski definition) is 1. The van der Waals surface area contributed by atoms with E-state index < -0.39 is 22.7 Å². The van der Waals surface area contributed by atoms with Gasteiger partial charge in [0.1, 0.15) is 0 Å². The van der Waals surface area contributed by atoms with Gasteiger partial charge >= 0.3 is 6.18 Å². The van der Waals surface area contributed by atoms with Crippen LogP contribution in [0.4, 0.5) is 18.9 Å². The molecule has 0 atom stereocenters. The molecule has 3 nitrogen and oxygen atoms in total. The first-order valence-electron chi connectivity index (χ1n) is 6.93. The highest BCUT2D eigenvalue weighted by Crippen LogP contribution is 2.36. The van der Waals surface area contributed by atoms with E-state index in [0.717, 1.165) is 17.0 Å². The summed E-state index contributed by atoms with van der Waals surface area (Å²) in [4.78, 5) is 25.3. The number of ketones is 1. The molecule has 0 radical (unpaired) electrons. The van der Waals surface area contributed by atoms with E-state index in [-0.39, 0.29) is 24.3 Å². The van der Waals surface area contributed by atoms with Gasteiger partial charge in [0, 0.05) is 23.4 Å². The van der Waals surface area contributed by atoms with Crippen LogP contribution >= 0.6 is 22.9 Å². The van der Waals surface area contributed by atoms with Gasteiger partial charge in [-0.15, -0.1) is 11.3 Å². The van der Waals surface area contributed by atoms with E-state index in [9.17, 15) is 22.8 Å². The zero-order valence-corrected chi connectivity index (χ0v) is 14.1. The molecule has 0 spiro atoms. The number of thiophene rings is 1. The highest BCUT2D eigenvalue weighted by atomic mass is 35.5. The number of Topliss-reactive ketones (excluding diaryl/α,β-unsaturated/α-hetero) is 1. The third kappa shape index (κ3) is 4.82. The number of amides is 1. The summed E-state index contributed by atoms with van der Waals surface area (Å²) in [6, 6.07) is 6.61. The molecular weight excluding hydrogens is 363 g/mol. The minimum atomic E-state index is -4.61. The number of anilines is 1. The normalized spacial score (nSPS) is 11.4. The fourth-order valence-corrected chi connectivity index (χ4v) is 3.04. The minimum absolute atomic E-state index is 0.00843. The lowest BCUT2D eigenvalue weighted by Gasteiger charge is -2.11. The number of alkyl halides is 3. The summed E-state index contributed by atoms with van der Waals surface area (Å²) in [7, 11) is 0. The fraction of sp³-hybridized carbons (Fsp3) is 0.250. The maximum atomic E-state index is 12.8. The SMILES string of the molecule is Cc1ccc(C(=O)CCC(=O)Nc2ccc(Cl)c(C(F)(F)F)c2)s1. The summed E-state index contributed by atoms with van der Waals surface area (Å²) < 4.78 is 38.3. The topological polar surface area (TPSA) is 46.2 Å². The van der Waals surface area contributed by atoms with Crippen molar-refractivity contribution in [2.75, 3.05) is 5.32 Å².